The highest BCUT2D eigenvalue weighted by atomic mass is 15.5. The molecule has 2 N–H and O–H groups in total. The van der Waals surface area contributed by atoms with Gasteiger partial charge in [0.05, 0.1) is 6.20 Å². The first-order valence-electron chi connectivity index (χ1n) is 5.05. The van der Waals surface area contributed by atoms with Crippen LogP contribution in [0.1, 0.15) is 19.8 Å². The van der Waals surface area contributed by atoms with E-state index in [-0.39, 0.29) is 0 Å². The quantitative estimate of drug-likeness (QED) is 0.692. The second kappa shape index (κ2) is 3.57. The molecule has 1 fully saturated rings. The van der Waals surface area contributed by atoms with Gasteiger partial charge in [0, 0.05) is 25.7 Å². The van der Waals surface area contributed by atoms with E-state index in [0.29, 0.717) is 12.1 Å². The van der Waals surface area contributed by atoms with E-state index < -0.39 is 0 Å². The highest BCUT2D eigenvalue weighted by Gasteiger charge is 2.25. The topological polar surface area (TPSA) is 60.0 Å². The largest absolute Gasteiger partial charge is 0.353 e. The lowest BCUT2D eigenvalue weighted by Gasteiger charge is -2.37. The number of piperidine rings is 1. The number of hydrogen-bond acceptors (Lipinski definition) is 4. The Labute approximate surface area is 83.9 Å². The fourth-order valence-electron chi connectivity index (χ4n) is 2.09. The minimum atomic E-state index is 0.349. The fourth-order valence-corrected chi connectivity index (χ4v) is 2.09. The lowest BCUT2D eigenvalue weighted by Crippen LogP contribution is -2.46. The predicted molar refractivity (Wildman–Crippen MR) is 55.0 cm³/mol. The average Bonchev–Trinajstić information content (AvgIpc) is 2.52. The Hall–Kier alpha value is -1.10. The molecule has 2 heterocycles. The highest BCUT2D eigenvalue weighted by molar-refractivity contribution is 5.37. The number of nitrogens with two attached hydrogens (primary N) is 1. The maximum atomic E-state index is 5.91. The van der Waals surface area contributed by atoms with Crippen LogP contribution < -0.4 is 10.6 Å². The number of hydrogen-bond donors (Lipinski definition) is 1. The van der Waals surface area contributed by atoms with E-state index >= 15 is 0 Å². The van der Waals surface area contributed by atoms with E-state index in [9.17, 15) is 0 Å². The molecule has 2 atom stereocenters. The van der Waals surface area contributed by atoms with Crippen molar-refractivity contribution in [3.63, 3.8) is 0 Å². The molecule has 1 aliphatic rings. The number of aryl methyl sites for hydroxylation is 1. The molecule has 0 aliphatic carbocycles. The molecule has 0 amide bonds. The maximum Gasteiger partial charge on any atom is 0.147 e. The van der Waals surface area contributed by atoms with Gasteiger partial charge in [0.15, 0.2) is 0 Å². The third-order valence-electron chi connectivity index (χ3n) is 2.90. The fraction of sp³-hybridized carbons (Fsp3) is 0.778. The summed E-state index contributed by atoms with van der Waals surface area (Å²) >= 11 is 0. The first-order chi connectivity index (χ1) is 6.68. The van der Waals surface area contributed by atoms with E-state index in [1.54, 1.807) is 0 Å². The minimum Gasteiger partial charge on any atom is -0.353 e. The molecule has 78 valence electrons. The van der Waals surface area contributed by atoms with Gasteiger partial charge in [-0.1, -0.05) is 5.21 Å². The summed E-state index contributed by atoms with van der Waals surface area (Å²) in [6.45, 7) is 3.20. The zero-order valence-corrected chi connectivity index (χ0v) is 8.72. The van der Waals surface area contributed by atoms with Gasteiger partial charge in [0.2, 0.25) is 0 Å². The first-order valence-corrected chi connectivity index (χ1v) is 5.05. The van der Waals surface area contributed by atoms with Gasteiger partial charge >= 0.3 is 0 Å². The van der Waals surface area contributed by atoms with Crippen molar-refractivity contribution >= 4 is 5.82 Å². The second-order valence-electron chi connectivity index (χ2n) is 4.04. The van der Waals surface area contributed by atoms with Crippen molar-refractivity contribution in [1.82, 2.24) is 15.0 Å². The van der Waals surface area contributed by atoms with Crippen LogP contribution >= 0.6 is 0 Å². The number of aromatic nitrogens is 3. The molecule has 14 heavy (non-hydrogen) atoms. The second-order valence-corrected chi connectivity index (χ2v) is 4.04. The average molecular weight is 195 g/mol. The standard InChI is InChI=1S/C9H17N5/c1-7-5-8(10)3-4-14(7)9-6-11-12-13(9)2/h6-8H,3-5,10H2,1-2H3. The van der Waals surface area contributed by atoms with Crippen LogP contribution in [0.4, 0.5) is 5.82 Å². The summed E-state index contributed by atoms with van der Waals surface area (Å²) in [4.78, 5) is 2.32. The van der Waals surface area contributed by atoms with Gasteiger partial charge in [0.25, 0.3) is 0 Å². The number of rotatable bonds is 1. The van der Waals surface area contributed by atoms with E-state index in [1.807, 2.05) is 17.9 Å². The monoisotopic (exact) mass is 195 g/mol. The summed E-state index contributed by atoms with van der Waals surface area (Å²) in [6.07, 6.45) is 3.91. The molecule has 0 saturated carbocycles. The van der Waals surface area contributed by atoms with Crippen molar-refractivity contribution in [1.29, 1.82) is 0 Å². The summed E-state index contributed by atoms with van der Waals surface area (Å²) in [7, 11) is 1.92. The predicted octanol–water partition coefficient (Wildman–Crippen LogP) is 0.131. The van der Waals surface area contributed by atoms with Crippen molar-refractivity contribution in [3.8, 4) is 0 Å². The molecule has 1 saturated heterocycles. The van der Waals surface area contributed by atoms with Crippen LogP contribution in [0.3, 0.4) is 0 Å². The van der Waals surface area contributed by atoms with Gasteiger partial charge in [-0.15, -0.1) is 5.10 Å². The molecular weight excluding hydrogens is 178 g/mol. The summed E-state index contributed by atoms with van der Waals surface area (Å²) < 4.78 is 1.81. The Morgan fingerprint density at radius 1 is 1.57 bits per heavy atom. The SMILES string of the molecule is CC1CC(N)CCN1c1cnnn1C. The molecule has 1 aliphatic heterocycles. The smallest absolute Gasteiger partial charge is 0.147 e. The third kappa shape index (κ3) is 1.59. The maximum absolute atomic E-state index is 5.91. The molecule has 2 unspecified atom stereocenters. The van der Waals surface area contributed by atoms with Crippen LogP contribution in [0.15, 0.2) is 6.20 Å². The molecule has 5 heteroatoms. The van der Waals surface area contributed by atoms with Crippen LogP contribution in [0.5, 0.6) is 0 Å². The highest BCUT2D eigenvalue weighted by Crippen LogP contribution is 2.22. The zero-order valence-electron chi connectivity index (χ0n) is 8.72. The third-order valence-corrected chi connectivity index (χ3v) is 2.90. The molecule has 1 aromatic rings. The van der Waals surface area contributed by atoms with Crippen molar-refractivity contribution in [2.24, 2.45) is 12.8 Å². The lowest BCUT2D eigenvalue weighted by molar-refractivity contribution is 0.422. The van der Waals surface area contributed by atoms with E-state index in [1.165, 1.54) is 0 Å². The van der Waals surface area contributed by atoms with Crippen LogP contribution in [0, 0.1) is 0 Å². The van der Waals surface area contributed by atoms with E-state index in [4.69, 9.17) is 5.73 Å². The van der Waals surface area contributed by atoms with Crippen molar-refractivity contribution < 1.29 is 0 Å². The normalized spacial score (nSPS) is 28.1. The van der Waals surface area contributed by atoms with Gasteiger partial charge in [-0.25, -0.2) is 4.68 Å². The van der Waals surface area contributed by atoms with Gasteiger partial charge in [-0.3, -0.25) is 0 Å². The summed E-state index contributed by atoms with van der Waals surface area (Å²) in [5.41, 5.74) is 5.91. The minimum absolute atomic E-state index is 0.349. The Bertz CT molecular complexity index is 308. The van der Waals surface area contributed by atoms with Crippen LogP contribution in [0.25, 0.3) is 0 Å². The molecule has 1 aromatic heterocycles. The molecule has 0 aromatic carbocycles. The summed E-state index contributed by atoms with van der Waals surface area (Å²) in [6, 6.07) is 0.832. The first kappa shape index (κ1) is 9.45. The number of nitrogens with zero attached hydrogens (tertiary/aromatic N) is 4. The van der Waals surface area contributed by atoms with Gasteiger partial charge < -0.3 is 10.6 Å². The Morgan fingerprint density at radius 3 is 2.93 bits per heavy atom. The molecular formula is C9H17N5. The van der Waals surface area contributed by atoms with Crippen molar-refractivity contribution in [3.05, 3.63) is 6.20 Å². The van der Waals surface area contributed by atoms with Crippen LogP contribution in [-0.2, 0) is 7.05 Å². The molecule has 2 rings (SSSR count). The van der Waals surface area contributed by atoms with E-state index in [2.05, 4.69) is 22.1 Å². The summed E-state index contributed by atoms with van der Waals surface area (Å²) in [5, 5.41) is 7.83. The molecule has 0 radical (unpaired) electrons. The van der Waals surface area contributed by atoms with Crippen LogP contribution in [0.2, 0.25) is 0 Å². The zero-order chi connectivity index (χ0) is 10.1. The van der Waals surface area contributed by atoms with E-state index in [0.717, 1.165) is 25.2 Å². The Balaban J connectivity index is 2.15. The summed E-state index contributed by atoms with van der Waals surface area (Å²) in [5.74, 6) is 1.09. The molecule has 0 bridgehead atoms. The van der Waals surface area contributed by atoms with Crippen LogP contribution in [-0.4, -0.2) is 33.6 Å². The van der Waals surface area contributed by atoms with Crippen molar-refractivity contribution in [2.75, 3.05) is 11.4 Å². The van der Waals surface area contributed by atoms with Gasteiger partial charge in [0.1, 0.15) is 5.82 Å². The molecule has 5 nitrogen and oxygen atoms in total. The Morgan fingerprint density at radius 2 is 2.36 bits per heavy atom. The number of anilines is 1. The van der Waals surface area contributed by atoms with Crippen molar-refractivity contribution in [2.45, 2.75) is 31.8 Å². The lowest BCUT2D eigenvalue weighted by atomic mass is 9.99. The van der Waals surface area contributed by atoms with Gasteiger partial charge in [-0.05, 0) is 19.8 Å². The Kier molecular flexibility index (Phi) is 2.41. The van der Waals surface area contributed by atoms with Gasteiger partial charge in [-0.2, -0.15) is 0 Å². The molecule has 0 spiro atoms.